The van der Waals surface area contributed by atoms with Gasteiger partial charge in [-0.1, -0.05) is 24.3 Å². The number of amides is 3. The van der Waals surface area contributed by atoms with Crippen molar-refractivity contribution in [2.45, 2.75) is 31.3 Å². The van der Waals surface area contributed by atoms with Crippen molar-refractivity contribution in [3.63, 3.8) is 0 Å². The minimum atomic E-state index is -0.908. The van der Waals surface area contributed by atoms with E-state index in [0.29, 0.717) is 17.8 Å². The molecule has 3 aromatic rings. The molecule has 2 aromatic carbocycles. The number of fused-ring (bicyclic) bond motifs is 2. The molecule has 1 saturated heterocycles. The normalized spacial score (nSPS) is 21.1. The summed E-state index contributed by atoms with van der Waals surface area (Å²) in [5.41, 5.74) is 1.79. The molecule has 152 valence electrons. The summed E-state index contributed by atoms with van der Waals surface area (Å²) >= 11 is 1.60. The Morgan fingerprint density at radius 3 is 2.80 bits per heavy atom. The number of hydrogen-bond donors (Lipinski definition) is 2. The maximum absolute atomic E-state index is 13.1. The zero-order valence-corrected chi connectivity index (χ0v) is 16.9. The molecule has 2 aliphatic rings. The number of para-hydroxylation sites is 2. The molecular weight excluding hydrogens is 400 g/mol. The lowest BCUT2D eigenvalue weighted by atomic mass is 10.1. The number of likely N-dealkylation sites (tertiary alicyclic amines) is 1. The largest absolute Gasteiger partial charge is 0.340 e. The maximum atomic E-state index is 13.1. The van der Waals surface area contributed by atoms with Crippen molar-refractivity contribution in [1.29, 1.82) is 0 Å². The number of hydrogen-bond acceptors (Lipinski definition) is 5. The van der Waals surface area contributed by atoms with Gasteiger partial charge in [0.15, 0.2) is 0 Å². The summed E-state index contributed by atoms with van der Waals surface area (Å²) in [4.78, 5) is 44.8. The molecule has 0 spiro atoms. The highest BCUT2D eigenvalue weighted by molar-refractivity contribution is 7.18. The van der Waals surface area contributed by atoms with Crippen LogP contribution in [-0.4, -0.2) is 40.2 Å². The van der Waals surface area contributed by atoms with Crippen LogP contribution in [0.25, 0.3) is 10.2 Å². The van der Waals surface area contributed by atoms with Crippen LogP contribution < -0.4 is 10.6 Å². The van der Waals surface area contributed by atoms with Gasteiger partial charge in [0, 0.05) is 6.54 Å². The topological polar surface area (TPSA) is 91.4 Å². The van der Waals surface area contributed by atoms with E-state index in [1.54, 1.807) is 40.5 Å². The molecular formula is C22H20N4O3S. The van der Waals surface area contributed by atoms with Crippen molar-refractivity contribution in [1.82, 2.24) is 15.2 Å². The lowest BCUT2D eigenvalue weighted by molar-refractivity contribution is -0.134. The zero-order chi connectivity index (χ0) is 20.7. The van der Waals surface area contributed by atoms with Gasteiger partial charge in [-0.2, -0.15) is 0 Å². The van der Waals surface area contributed by atoms with Crippen LogP contribution in [0.3, 0.4) is 0 Å². The Hall–Kier alpha value is -3.26. The standard InChI is InChI=1S/C22H20N4O3S/c27-19(12-16-21(29)23-14-7-2-1-6-13(14)20(28)24-16)26-11-5-9-17(26)22-25-15-8-3-4-10-18(15)30-22/h1-4,6-8,10,16-17H,5,9,11-12H2,(H,23,29)(H,24,28)/t16-,17+/m0/s1. The van der Waals surface area contributed by atoms with Crippen molar-refractivity contribution in [2.24, 2.45) is 0 Å². The van der Waals surface area contributed by atoms with Gasteiger partial charge in [0.05, 0.1) is 33.9 Å². The van der Waals surface area contributed by atoms with E-state index in [4.69, 9.17) is 4.98 Å². The minimum absolute atomic E-state index is 0.0764. The van der Waals surface area contributed by atoms with E-state index in [-0.39, 0.29) is 30.2 Å². The Balaban J connectivity index is 1.34. The van der Waals surface area contributed by atoms with Gasteiger partial charge in [0.2, 0.25) is 11.8 Å². The van der Waals surface area contributed by atoms with Crippen LogP contribution in [0.1, 0.15) is 40.7 Å². The van der Waals surface area contributed by atoms with Gasteiger partial charge in [-0.15, -0.1) is 11.3 Å². The minimum Gasteiger partial charge on any atom is -0.340 e. The highest BCUT2D eigenvalue weighted by atomic mass is 32.1. The highest BCUT2D eigenvalue weighted by Gasteiger charge is 2.36. The molecule has 3 heterocycles. The molecule has 0 bridgehead atoms. The van der Waals surface area contributed by atoms with Crippen molar-refractivity contribution in [2.75, 3.05) is 11.9 Å². The first kappa shape index (κ1) is 18.7. The highest BCUT2D eigenvalue weighted by Crippen LogP contribution is 2.37. The second-order valence-electron chi connectivity index (χ2n) is 7.53. The number of carbonyl (C=O) groups excluding carboxylic acids is 3. The van der Waals surface area contributed by atoms with Crippen LogP contribution in [0.5, 0.6) is 0 Å². The number of anilines is 1. The Labute approximate surface area is 177 Å². The van der Waals surface area contributed by atoms with E-state index in [1.165, 1.54) is 0 Å². The average molecular weight is 420 g/mol. The average Bonchev–Trinajstić information content (AvgIpc) is 3.37. The molecule has 0 saturated carbocycles. The van der Waals surface area contributed by atoms with Crippen LogP contribution >= 0.6 is 11.3 Å². The summed E-state index contributed by atoms with van der Waals surface area (Å²) in [5.74, 6) is -0.883. The van der Waals surface area contributed by atoms with Gasteiger partial charge >= 0.3 is 0 Å². The lowest BCUT2D eigenvalue weighted by Crippen LogP contribution is -2.45. The van der Waals surface area contributed by atoms with Crippen molar-refractivity contribution in [3.05, 3.63) is 59.1 Å². The lowest BCUT2D eigenvalue weighted by Gasteiger charge is -2.25. The van der Waals surface area contributed by atoms with Gasteiger partial charge in [-0.05, 0) is 37.1 Å². The Bertz CT molecular complexity index is 1120. The summed E-state index contributed by atoms with van der Waals surface area (Å²) < 4.78 is 1.10. The molecule has 3 amide bonds. The summed E-state index contributed by atoms with van der Waals surface area (Å²) in [7, 11) is 0. The Morgan fingerprint density at radius 1 is 1.13 bits per heavy atom. The van der Waals surface area contributed by atoms with Gasteiger partial charge in [0.1, 0.15) is 11.0 Å². The van der Waals surface area contributed by atoms with E-state index in [9.17, 15) is 14.4 Å². The van der Waals surface area contributed by atoms with Crippen LogP contribution in [0.2, 0.25) is 0 Å². The van der Waals surface area contributed by atoms with Gasteiger partial charge in [0.25, 0.3) is 5.91 Å². The third-order valence-electron chi connectivity index (χ3n) is 5.60. The summed E-state index contributed by atoms with van der Waals surface area (Å²) in [5, 5.41) is 6.38. The number of aromatic nitrogens is 1. The number of benzene rings is 2. The van der Waals surface area contributed by atoms with Crippen LogP contribution in [0.15, 0.2) is 48.5 Å². The number of rotatable bonds is 3. The second kappa shape index (κ2) is 7.53. The van der Waals surface area contributed by atoms with E-state index in [1.807, 2.05) is 24.3 Å². The molecule has 2 aliphatic heterocycles. The molecule has 0 radical (unpaired) electrons. The third kappa shape index (κ3) is 3.33. The summed E-state index contributed by atoms with van der Waals surface area (Å²) in [6.45, 7) is 0.627. The molecule has 8 heteroatoms. The second-order valence-corrected chi connectivity index (χ2v) is 8.59. The molecule has 5 rings (SSSR count). The molecule has 7 nitrogen and oxygen atoms in total. The van der Waals surface area contributed by atoms with Gasteiger partial charge in [-0.3, -0.25) is 14.4 Å². The van der Waals surface area contributed by atoms with E-state index >= 15 is 0 Å². The quantitative estimate of drug-likeness (QED) is 0.681. The van der Waals surface area contributed by atoms with Crippen LogP contribution in [0, 0.1) is 0 Å². The van der Waals surface area contributed by atoms with Crippen molar-refractivity contribution >= 4 is 45.0 Å². The SMILES string of the molecule is O=C1N[C@@H](CC(=O)N2CCC[C@@H]2c2nc3ccccc3s2)C(=O)Nc2ccccc21. The zero-order valence-electron chi connectivity index (χ0n) is 16.1. The van der Waals surface area contributed by atoms with Gasteiger partial charge < -0.3 is 15.5 Å². The molecule has 2 N–H and O–H groups in total. The Kier molecular flexibility index (Phi) is 4.71. The molecule has 2 atom stereocenters. The number of nitrogens with one attached hydrogen (secondary N) is 2. The molecule has 0 unspecified atom stereocenters. The predicted octanol–water partition coefficient (Wildman–Crippen LogP) is 3.10. The third-order valence-corrected chi connectivity index (χ3v) is 6.74. The number of carbonyl (C=O) groups is 3. The monoisotopic (exact) mass is 420 g/mol. The number of thiazole rings is 1. The van der Waals surface area contributed by atoms with E-state index in [2.05, 4.69) is 10.6 Å². The fourth-order valence-corrected chi connectivity index (χ4v) is 5.22. The first-order valence-electron chi connectivity index (χ1n) is 9.96. The van der Waals surface area contributed by atoms with Crippen molar-refractivity contribution < 1.29 is 14.4 Å². The van der Waals surface area contributed by atoms with Crippen LogP contribution in [0.4, 0.5) is 5.69 Å². The molecule has 30 heavy (non-hydrogen) atoms. The van der Waals surface area contributed by atoms with E-state index < -0.39 is 6.04 Å². The first-order chi connectivity index (χ1) is 14.6. The molecule has 1 fully saturated rings. The fourth-order valence-electron chi connectivity index (χ4n) is 4.10. The summed E-state index contributed by atoms with van der Waals surface area (Å²) in [6, 6.07) is 13.8. The first-order valence-corrected chi connectivity index (χ1v) is 10.8. The predicted molar refractivity (Wildman–Crippen MR) is 114 cm³/mol. The van der Waals surface area contributed by atoms with E-state index in [0.717, 1.165) is 28.1 Å². The Morgan fingerprint density at radius 2 is 1.93 bits per heavy atom. The van der Waals surface area contributed by atoms with Crippen molar-refractivity contribution in [3.8, 4) is 0 Å². The molecule has 1 aromatic heterocycles. The smallest absolute Gasteiger partial charge is 0.254 e. The van der Waals surface area contributed by atoms with Gasteiger partial charge in [-0.25, -0.2) is 4.98 Å². The summed E-state index contributed by atoms with van der Waals surface area (Å²) in [6.07, 6.45) is 1.66. The number of nitrogens with zero attached hydrogens (tertiary/aromatic N) is 2. The van der Waals surface area contributed by atoms with Crippen LogP contribution in [-0.2, 0) is 9.59 Å². The fraction of sp³-hybridized carbons (Fsp3) is 0.273. The maximum Gasteiger partial charge on any atom is 0.254 e. The molecule has 0 aliphatic carbocycles.